The van der Waals surface area contributed by atoms with E-state index in [0.717, 1.165) is 73.7 Å². The van der Waals surface area contributed by atoms with Crippen molar-refractivity contribution in [2.45, 2.75) is 53.4 Å². The number of carbonyl (C=O) groups excluding carboxylic acids is 2. The number of aromatic nitrogens is 2. The maximum Gasteiger partial charge on any atom is 0.303 e. The monoisotopic (exact) mass is 611 g/mol. The Morgan fingerprint density at radius 3 is 1.84 bits per heavy atom. The molecule has 234 valence electrons. The van der Waals surface area contributed by atoms with Crippen molar-refractivity contribution in [2.24, 2.45) is 0 Å². The molecule has 0 unspecified atom stereocenters. The number of fused-ring (bicyclic) bond motifs is 1. The maximum absolute atomic E-state index is 12.7. The van der Waals surface area contributed by atoms with Crippen molar-refractivity contribution in [3.8, 4) is 16.9 Å². The van der Waals surface area contributed by atoms with Crippen LogP contribution in [0.3, 0.4) is 0 Å². The number of aromatic amines is 2. The topological polar surface area (TPSA) is 162 Å². The molecule has 1 aliphatic rings. The zero-order valence-electron chi connectivity index (χ0n) is 26.0. The van der Waals surface area contributed by atoms with Gasteiger partial charge in [-0.2, -0.15) is 0 Å². The van der Waals surface area contributed by atoms with Gasteiger partial charge in [0.1, 0.15) is 5.75 Å². The highest BCUT2D eigenvalue weighted by molar-refractivity contribution is 6.35. The number of aldehydes is 1. The minimum atomic E-state index is -0.823. The number of H-pyrrole nitrogens is 2. The highest BCUT2D eigenvalue weighted by Gasteiger charge is 2.25. The molecule has 0 saturated heterocycles. The van der Waals surface area contributed by atoms with Crippen molar-refractivity contribution < 1.29 is 34.1 Å². The molecule has 5 N–H and O–H groups in total. The number of nitrogens with one attached hydrogen (secondary N) is 3. The molecule has 3 heterocycles. The van der Waals surface area contributed by atoms with Gasteiger partial charge >= 0.3 is 11.9 Å². The van der Waals surface area contributed by atoms with Crippen molar-refractivity contribution in [3.05, 3.63) is 93.1 Å². The van der Waals surface area contributed by atoms with Crippen LogP contribution in [0.2, 0.25) is 0 Å². The molecule has 45 heavy (non-hydrogen) atoms. The van der Waals surface area contributed by atoms with Gasteiger partial charge in [-0.15, -0.1) is 0 Å². The van der Waals surface area contributed by atoms with Crippen molar-refractivity contribution in [1.82, 2.24) is 9.97 Å². The van der Waals surface area contributed by atoms with Gasteiger partial charge in [-0.25, -0.2) is 0 Å². The number of aliphatic carboxylic acids is 2. The lowest BCUT2D eigenvalue weighted by Crippen LogP contribution is -2.03. The van der Waals surface area contributed by atoms with Crippen molar-refractivity contribution in [2.75, 3.05) is 12.4 Å². The van der Waals surface area contributed by atoms with E-state index in [2.05, 4.69) is 15.3 Å². The molecule has 0 spiro atoms. The van der Waals surface area contributed by atoms with Crippen molar-refractivity contribution in [3.63, 3.8) is 0 Å². The normalized spacial score (nSPS) is 12.7. The highest BCUT2D eigenvalue weighted by atomic mass is 16.5. The minimum Gasteiger partial charge on any atom is -0.497 e. The number of aryl methyl sites for hydroxylation is 2. The Balaban J connectivity index is 0.000000276. The standard InChI is InChI=1S/C25H24N2O4.C10H13NO3/c1-14-19(10-11-24(28)29)15(2)26-22(14)13-21-20-9-6-17(12-23(20)27-25(21)30)16-4-7-18(31-3)8-5-16;1-6-8(3-4-10(13)14)7(2)11-9(6)5-12/h4-9,12-13,26H,10-11H2,1-3H3,(H,27,30)(H,28,29);5,11H,3-4H2,1-2H3,(H,13,14). The summed E-state index contributed by atoms with van der Waals surface area (Å²) < 4.78 is 5.21. The number of benzene rings is 2. The lowest BCUT2D eigenvalue weighted by Gasteiger charge is -2.06. The third-order valence-corrected chi connectivity index (χ3v) is 8.07. The average molecular weight is 612 g/mol. The van der Waals surface area contributed by atoms with Crippen LogP contribution < -0.4 is 10.1 Å². The molecule has 10 nitrogen and oxygen atoms in total. The third kappa shape index (κ3) is 7.41. The van der Waals surface area contributed by atoms with Gasteiger partial charge in [0.25, 0.3) is 5.91 Å². The van der Waals surface area contributed by atoms with Gasteiger partial charge in [-0.1, -0.05) is 24.3 Å². The molecule has 0 saturated carbocycles. The van der Waals surface area contributed by atoms with E-state index >= 15 is 0 Å². The Bertz CT molecular complexity index is 1790. The molecular weight excluding hydrogens is 574 g/mol. The van der Waals surface area contributed by atoms with E-state index < -0.39 is 11.9 Å². The molecule has 0 atom stereocenters. The lowest BCUT2D eigenvalue weighted by atomic mass is 9.99. The summed E-state index contributed by atoms with van der Waals surface area (Å²) in [6.07, 6.45) is 3.70. The summed E-state index contributed by atoms with van der Waals surface area (Å²) in [5, 5.41) is 20.5. The van der Waals surface area contributed by atoms with Crippen LogP contribution in [0.1, 0.15) is 68.2 Å². The second-order valence-corrected chi connectivity index (χ2v) is 10.9. The van der Waals surface area contributed by atoms with Gasteiger partial charge in [0, 0.05) is 41.2 Å². The summed E-state index contributed by atoms with van der Waals surface area (Å²) in [4.78, 5) is 50.8. The molecule has 1 amide bonds. The molecule has 2 aromatic heterocycles. The maximum atomic E-state index is 12.7. The summed E-state index contributed by atoms with van der Waals surface area (Å²) in [5.41, 5.74) is 11.2. The molecule has 5 rings (SSSR count). The number of carbonyl (C=O) groups is 4. The van der Waals surface area contributed by atoms with E-state index in [-0.39, 0.29) is 18.7 Å². The zero-order chi connectivity index (χ0) is 32.8. The first-order valence-electron chi connectivity index (χ1n) is 14.5. The number of carboxylic acid groups (broad SMARTS) is 2. The van der Waals surface area contributed by atoms with Crippen LogP contribution in [0.15, 0.2) is 42.5 Å². The van der Waals surface area contributed by atoms with Crippen LogP contribution in [0.4, 0.5) is 5.69 Å². The molecule has 1 aliphatic heterocycles. The number of hydrogen-bond donors (Lipinski definition) is 5. The SMILES string of the molecule is COc1ccc(-c2ccc3c(c2)NC(=O)C3=Cc2[nH]c(C)c(CCC(=O)O)c2C)cc1.Cc1[nH]c(C=O)c(C)c1CCC(=O)O. The molecule has 10 heteroatoms. The fourth-order valence-electron chi connectivity index (χ4n) is 5.55. The third-order valence-electron chi connectivity index (χ3n) is 8.07. The summed E-state index contributed by atoms with van der Waals surface area (Å²) in [5.74, 6) is -1.00. The number of carboxylic acids is 2. The van der Waals surface area contributed by atoms with Gasteiger partial charge in [0.05, 0.1) is 18.4 Å². The van der Waals surface area contributed by atoms with E-state index in [1.807, 2.05) is 76.2 Å². The smallest absolute Gasteiger partial charge is 0.303 e. The number of methoxy groups -OCH3 is 1. The predicted molar refractivity (Wildman–Crippen MR) is 173 cm³/mol. The Labute approximate surface area is 261 Å². The fraction of sp³-hybridized carbons (Fsp3) is 0.257. The summed E-state index contributed by atoms with van der Waals surface area (Å²) in [6, 6.07) is 13.7. The van der Waals surface area contributed by atoms with Crippen LogP contribution in [0.5, 0.6) is 5.75 Å². The average Bonchev–Trinajstić information content (AvgIpc) is 3.58. The Morgan fingerprint density at radius 2 is 1.33 bits per heavy atom. The molecule has 0 bridgehead atoms. The van der Waals surface area contributed by atoms with Crippen molar-refractivity contribution in [1.29, 1.82) is 0 Å². The number of anilines is 1. The first-order chi connectivity index (χ1) is 21.4. The molecule has 0 fully saturated rings. The number of amides is 1. The molecule has 0 radical (unpaired) electrons. The number of ether oxygens (including phenoxy) is 1. The molecular formula is C35H37N3O7. The second-order valence-electron chi connectivity index (χ2n) is 10.9. The summed E-state index contributed by atoms with van der Waals surface area (Å²) >= 11 is 0. The second kappa shape index (κ2) is 13.9. The van der Waals surface area contributed by atoms with Crippen LogP contribution in [-0.4, -0.2) is 51.4 Å². The van der Waals surface area contributed by atoms with E-state index in [1.54, 1.807) is 7.11 Å². The van der Waals surface area contributed by atoms with Gasteiger partial charge in [-0.3, -0.25) is 19.2 Å². The van der Waals surface area contributed by atoms with Crippen LogP contribution in [0, 0.1) is 27.7 Å². The van der Waals surface area contributed by atoms with Gasteiger partial charge in [0.15, 0.2) is 6.29 Å². The summed E-state index contributed by atoms with van der Waals surface area (Å²) in [7, 11) is 1.64. The van der Waals surface area contributed by atoms with E-state index in [1.165, 1.54) is 0 Å². The quantitative estimate of drug-likeness (QED) is 0.104. The molecule has 2 aromatic carbocycles. The summed E-state index contributed by atoms with van der Waals surface area (Å²) in [6.45, 7) is 7.55. The highest BCUT2D eigenvalue weighted by Crippen LogP contribution is 2.37. The number of hydrogen-bond acceptors (Lipinski definition) is 5. The van der Waals surface area contributed by atoms with Gasteiger partial charge in [-0.05, 0) is 98.2 Å². The minimum absolute atomic E-state index is 0.0764. The first-order valence-corrected chi connectivity index (χ1v) is 14.5. The Hall–Kier alpha value is -5.38. The van der Waals surface area contributed by atoms with Gasteiger partial charge < -0.3 is 30.2 Å². The van der Waals surface area contributed by atoms with E-state index in [4.69, 9.17) is 14.9 Å². The lowest BCUT2D eigenvalue weighted by molar-refractivity contribution is -0.138. The van der Waals surface area contributed by atoms with Crippen LogP contribution in [0.25, 0.3) is 22.8 Å². The van der Waals surface area contributed by atoms with Crippen LogP contribution >= 0.6 is 0 Å². The zero-order valence-corrected chi connectivity index (χ0v) is 26.0. The van der Waals surface area contributed by atoms with Crippen molar-refractivity contribution >= 4 is 41.5 Å². The Kier molecular flexibility index (Phi) is 10.1. The van der Waals surface area contributed by atoms with Crippen LogP contribution in [-0.2, 0) is 27.2 Å². The fourth-order valence-corrected chi connectivity index (χ4v) is 5.55. The van der Waals surface area contributed by atoms with E-state index in [9.17, 15) is 19.2 Å². The molecule has 4 aromatic rings. The first kappa shape index (κ1) is 32.5. The number of rotatable bonds is 10. The van der Waals surface area contributed by atoms with E-state index in [0.29, 0.717) is 24.1 Å². The Morgan fingerprint density at radius 1 is 0.800 bits per heavy atom. The largest absolute Gasteiger partial charge is 0.497 e. The predicted octanol–water partition coefficient (Wildman–Crippen LogP) is 6.28. The van der Waals surface area contributed by atoms with Gasteiger partial charge in [0.2, 0.25) is 0 Å². The molecule has 0 aliphatic carbocycles.